The van der Waals surface area contributed by atoms with Gasteiger partial charge in [0, 0.05) is 35.0 Å². The van der Waals surface area contributed by atoms with Crippen LogP contribution in [-0.4, -0.2) is 24.0 Å². The van der Waals surface area contributed by atoms with Crippen molar-refractivity contribution in [1.29, 1.82) is 0 Å². The van der Waals surface area contributed by atoms with Crippen LogP contribution in [-0.2, 0) is 4.79 Å². The first-order valence-corrected chi connectivity index (χ1v) is 9.35. The number of halogens is 1. The van der Waals surface area contributed by atoms with Gasteiger partial charge in [0.05, 0.1) is 12.4 Å². The molecule has 140 valence electrons. The second-order valence-electron chi connectivity index (χ2n) is 5.43. The van der Waals surface area contributed by atoms with Crippen molar-refractivity contribution in [3.8, 4) is 17.4 Å². The van der Waals surface area contributed by atoms with E-state index < -0.39 is 5.95 Å². The Morgan fingerprint density at radius 1 is 1.33 bits per heavy atom. The number of thioether (sulfide) groups is 1. The van der Waals surface area contributed by atoms with Crippen molar-refractivity contribution in [3.63, 3.8) is 0 Å². The summed E-state index contributed by atoms with van der Waals surface area (Å²) < 4.78 is 11.3. The van der Waals surface area contributed by atoms with Gasteiger partial charge in [0.15, 0.2) is 5.95 Å². The minimum atomic E-state index is -0.550. The van der Waals surface area contributed by atoms with Crippen molar-refractivity contribution in [1.82, 2.24) is 5.27 Å². The van der Waals surface area contributed by atoms with Crippen molar-refractivity contribution < 1.29 is 23.8 Å². The first-order chi connectivity index (χ1) is 13.1. The summed E-state index contributed by atoms with van der Waals surface area (Å²) in [5.74, 6) is 0.353. The number of methoxy groups -OCH3 is 1. The number of hydrogen-bond donors (Lipinski definition) is 1. The van der Waals surface area contributed by atoms with Crippen molar-refractivity contribution >= 4 is 35.0 Å². The third-order valence-electron chi connectivity index (χ3n) is 3.57. The first-order valence-electron chi connectivity index (χ1n) is 7.98. The van der Waals surface area contributed by atoms with Crippen LogP contribution in [0, 0.1) is 0 Å². The molecule has 1 aromatic heterocycles. The van der Waals surface area contributed by atoms with Crippen LogP contribution in [0.4, 0.5) is 5.69 Å². The molecule has 0 radical (unpaired) electrons. The molecule has 0 bridgehead atoms. The number of ether oxygens (including phenoxy) is 1. The fourth-order valence-corrected chi connectivity index (χ4v) is 3.37. The largest absolute Gasteiger partial charge is 0.538 e. The average Bonchev–Trinajstić information content (AvgIpc) is 3.02. The number of carbonyl (C=O) groups is 1. The summed E-state index contributed by atoms with van der Waals surface area (Å²) in [5, 5.41) is 19.3. The number of hydrogen-bond acceptors (Lipinski definition) is 6. The summed E-state index contributed by atoms with van der Waals surface area (Å²) in [6, 6.07) is 13.9. The molecular weight excluding hydrogens is 390 g/mol. The number of rotatable bonds is 7. The Balaban J connectivity index is 1.61. The van der Waals surface area contributed by atoms with Crippen LogP contribution in [0.2, 0.25) is 5.02 Å². The van der Waals surface area contributed by atoms with Gasteiger partial charge in [0.1, 0.15) is 5.75 Å². The average molecular weight is 406 g/mol. The number of nitrogens with zero attached hydrogens (tertiary/aromatic N) is 2. The molecule has 0 spiro atoms. The second-order valence-corrected chi connectivity index (χ2v) is 6.95. The molecule has 0 saturated heterocycles. The summed E-state index contributed by atoms with van der Waals surface area (Å²) in [7, 11) is 1.57. The Morgan fingerprint density at radius 2 is 2.11 bits per heavy atom. The normalized spacial score (nSPS) is 10.6. The van der Waals surface area contributed by atoms with E-state index in [0.717, 1.165) is 0 Å². The Bertz CT molecular complexity index is 931. The molecule has 1 heterocycles. The van der Waals surface area contributed by atoms with E-state index in [1.807, 2.05) is 0 Å². The Hall–Kier alpha value is -2.71. The lowest BCUT2D eigenvalue weighted by atomic mass is 10.3. The molecule has 0 aliphatic carbocycles. The highest BCUT2D eigenvalue weighted by atomic mass is 35.5. The molecule has 0 fully saturated rings. The molecule has 7 nitrogen and oxygen atoms in total. The van der Waals surface area contributed by atoms with E-state index in [1.54, 1.807) is 55.6 Å². The maximum Gasteiger partial charge on any atom is 0.297 e. The lowest BCUT2D eigenvalue weighted by Gasteiger charge is -2.05. The highest BCUT2D eigenvalue weighted by molar-refractivity contribution is 7.99. The van der Waals surface area contributed by atoms with Gasteiger partial charge in [-0.2, -0.15) is 0 Å². The fourth-order valence-electron chi connectivity index (χ4n) is 2.28. The predicted octanol–water partition coefficient (Wildman–Crippen LogP) is 2.81. The fraction of sp³-hybridized carbons (Fsp3) is 0.167. The third kappa shape index (κ3) is 4.93. The van der Waals surface area contributed by atoms with Crippen molar-refractivity contribution in [2.75, 3.05) is 18.2 Å². The summed E-state index contributed by atoms with van der Waals surface area (Å²) in [6.45, 7) is 0. The molecule has 27 heavy (non-hydrogen) atoms. The number of amides is 1. The zero-order valence-electron chi connectivity index (χ0n) is 14.3. The molecule has 0 atom stereocenters. The van der Waals surface area contributed by atoms with Gasteiger partial charge in [0.2, 0.25) is 11.6 Å². The first kappa shape index (κ1) is 19.1. The van der Waals surface area contributed by atoms with Gasteiger partial charge in [-0.05, 0) is 35.0 Å². The standard InChI is InChI=1S/C18H16ClN3O4S/c1-25-15-7-5-14(6-8-15)22-17(18(24)26-21-22)27-10-9-16(23)20-13-4-2-3-12(19)11-13/h2-8,11H,9-10H2,1H3,(H-,20,21,23,24). The Morgan fingerprint density at radius 3 is 2.81 bits per heavy atom. The molecule has 0 unspecified atom stereocenters. The molecular formula is C18H16ClN3O4S. The molecule has 0 aliphatic heterocycles. The van der Waals surface area contributed by atoms with E-state index in [4.69, 9.17) is 20.9 Å². The van der Waals surface area contributed by atoms with Crippen LogP contribution >= 0.6 is 23.4 Å². The summed E-state index contributed by atoms with van der Waals surface area (Å²) >= 11 is 7.10. The highest BCUT2D eigenvalue weighted by Crippen LogP contribution is 2.24. The SMILES string of the molecule is COc1ccc(-[n+]2noc([O-])c2SCCC(=O)Nc2cccc(Cl)c2)cc1. The van der Waals surface area contributed by atoms with E-state index in [9.17, 15) is 9.90 Å². The summed E-state index contributed by atoms with van der Waals surface area (Å²) in [6.07, 6.45) is 0.213. The minimum Gasteiger partial charge on any atom is -0.538 e. The Kier molecular flexibility index (Phi) is 6.20. The van der Waals surface area contributed by atoms with Crippen molar-refractivity contribution in [2.24, 2.45) is 0 Å². The zero-order chi connectivity index (χ0) is 19.2. The quantitative estimate of drug-likeness (QED) is 0.480. The molecule has 3 aromatic rings. The highest BCUT2D eigenvalue weighted by Gasteiger charge is 2.21. The number of anilines is 1. The summed E-state index contributed by atoms with van der Waals surface area (Å²) in [4.78, 5) is 12.1. The smallest absolute Gasteiger partial charge is 0.297 e. The van der Waals surface area contributed by atoms with E-state index in [2.05, 4.69) is 10.6 Å². The maximum atomic E-state index is 12.1. The Labute approximate surface area is 164 Å². The van der Waals surface area contributed by atoms with Crippen molar-refractivity contribution in [2.45, 2.75) is 11.4 Å². The topological polar surface area (TPSA) is 91.3 Å². The van der Waals surface area contributed by atoms with Crippen LogP contribution in [0.5, 0.6) is 11.7 Å². The maximum absolute atomic E-state index is 12.1. The van der Waals surface area contributed by atoms with Gasteiger partial charge >= 0.3 is 0 Å². The number of aromatic nitrogens is 2. The third-order valence-corrected chi connectivity index (χ3v) is 4.82. The molecule has 3 rings (SSSR count). The minimum absolute atomic E-state index is 0.176. The van der Waals surface area contributed by atoms with Gasteiger partial charge < -0.3 is 19.7 Å². The van der Waals surface area contributed by atoms with E-state index in [1.165, 1.54) is 16.4 Å². The number of benzene rings is 2. The molecule has 1 amide bonds. The van der Waals surface area contributed by atoms with Gasteiger partial charge in [-0.3, -0.25) is 4.79 Å². The lowest BCUT2D eigenvalue weighted by Crippen LogP contribution is -2.34. The van der Waals surface area contributed by atoms with E-state index in [-0.39, 0.29) is 12.3 Å². The van der Waals surface area contributed by atoms with Gasteiger partial charge in [-0.1, -0.05) is 29.4 Å². The predicted molar refractivity (Wildman–Crippen MR) is 99.5 cm³/mol. The number of nitrogens with one attached hydrogen (secondary N) is 1. The lowest BCUT2D eigenvalue weighted by molar-refractivity contribution is -0.705. The molecule has 9 heteroatoms. The van der Waals surface area contributed by atoms with Gasteiger partial charge in [-0.25, -0.2) is 0 Å². The molecule has 2 aromatic carbocycles. The van der Waals surface area contributed by atoms with Crippen molar-refractivity contribution in [3.05, 3.63) is 53.6 Å². The van der Waals surface area contributed by atoms with Crippen LogP contribution in [0.1, 0.15) is 6.42 Å². The summed E-state index contributed by atoms with van der Waals surface area (Å²) in [5.41, 5.74) is 1.29. The molecule has 0 aliphatic rings. The molecule has 0 saturated carbocycles. The van der Waals surface area contributed by atoms with Gasteiger partial charge in [0.25, 0.3) is 5.03 Å². The molecule has 1 N–H and O–H groups in total. The van der Waals surface area contributed by atoms with Crippen LogP contribution in [0.15, 0.2) is 58.1 Å². The van der Waals surface area contributed by atoms with E-state index in [0.29, 0.717) is 32.9 Å². The zero-order valence-corrected chi connectivity index (χ0v) is 15.9. The number of carbonyl (C=O) groups excluding carboxylic acids is 1. The van der Waals surface area contributed by atoms with E-state index >= 15 is 0 Å². The van der Waals surface area contributed by atoms with Crippen LogP contribution in [0.25, 0.3) is 5.69 Å². The monoisotopic (exact) mass is 405 g/mol. The second kappa shape index (κ2) is 8.79. The van der Waals surface area contributed by atoms with Crippen LogP contribution < -0.4 is 19.8 Å². The van der Waals surface area contributed by atoms with Gasteiger partial charge in [-0.15, -0.1) is 0 Å². The van der Waals surface area contributed by atoms with Crippen LogP contribution in [0.3, 0.4) is 0 Å².